The van der Waals surface area contributed by atoms with Crippen molar-refractivity contribution in [2.45, 2.75) is 6.42 Å². The summed E-state index contributed by atoms with van der Waals surface area (Å²) in [4.78, 5) is 35.5. The summed E-state index contributed by atoms with van der Waals surface area (Å²) in [7, 11) is 0. The average Bonchev–Trinajstić information content (AvgIpc) is 2.53. The predicted molar refractivity (Wildman–Crippen MR) is 58.8 cm³/mol. The van der Waals surface area contributed by atoms with E-state index < -0.39 is 23.0 Å². The van der Waals surface area contributed by atoms with Gasteiger partial charge < -0.3 is 10.8 Å². The molecule has 1 aliphatic carbocycles. The normalized spacial score (nSPS) is 17.0. The maximum absolute atomic E-state index is 12.1. The van der Waals surface area contributed by atoms with Gasteiger partial charge in [0.25, 0.3) is 0 Å². The van der Waals surface area contributed by atoms with Gasteiger partial charge in [-0.3, -0.25) is 14.4 Å². The molecule has 0 fully saturated rings. The molecule has 0 atom stereocenters. The summed E-state index contributed by atoms with van der Waals surface area (Å²) in [6, 6.07) is 6.14. The molecular weight excluding hydrogens is 222 g/mol. The number of benzene rings is 1. The Kier molecular flexibility index (Phi) is 2.55. The molecule has 0 heterocycles. The maximum atomic E-state index is 12.1. The van der Waals surface area contributed by atoms with Crippen molar-refractivity contribution in [1.29, 1.82) is 0 Å². The van der Waals surface area contributed by atoms with Gasteiger partial charge >= 0.3 is 5.97 Å². The second-order valence-electron chi connectivity index (χ2n) is 3.95. The number of ketones is 2. The van der Waals surface area contributed by atoms with Crippen LogP contribution in [0.5, 0.6) is 0 Å². The molecule has 0 saturated heterocycles. The van der Waals surface area contributed by atoms with Gasteiger partial charge in [-0.15, -0.1) is 0 Å². The highest BCUT2D eigenvalue weighted by Crippen LogP contribution is 2.39. The summed E-state index contributed by atoms with van der Waals surface area (Å²) in [5.74, 6) is -2.73. The van der Waals surface area contributed by atoms with Crippen molar-refractivity contribution in [2.24, 2.45) is 11.1 Å². The van der Waals surface area contributed by atoms with Crippen LogP contribution in [0.25, 0.3) is 0 Å². The van der Waals surface area contributed by atoms with E-state index >= 15 is 0 Å². The third-order valence-electron chi connectivity index (χ3n) is 3.08. The molecule has 0 saturated carbocycles. The summed E-state index contributed by atoms with van der Waals surface area (Å²) in [6.45, 7) is -0.0300. The van der Waals surface area contributed by atoms with E-state index in [-0.39, 0.29) is 24.1 Å². The quantitative estimate of drug-likeness (QED) is 0.740. The molecular formula is C12H11NO4. The smallest absolute Gasteiger partial charge is 0.325 e. The second-order valence-corrected chi connectivity index (χ2v) is 3.95. The molecule has 0 unspecified atom stereocenters. The van der Waals surface area contributed by atoms with Gasteiger partial charge in [0.05, 0.1) is 0 Å². The fourth-order valence-corrected chi connectivity index (χ4v) is 2.19. The number of carbonyl (C=O) groups excluding carboxylic acids is 2. The summed E-state index contributed by atoms with van der Waals surface area (Å²) >= 11 is 0. The highest BCUT2D eigenvalue weighted by Gasteiger charge is 2.58. The lowest BCUT2D eigenvalue weighted by molar-refractivity contribution is -0.143. The van der Waals surface area contributed by atoms with Crippen molar-refractivity contribution < 1.29 is 19.5 Å². The molecule has 0 amide bonds. The van der Waals surface area contributed by atoms with Gasteiger partial charge in [0.15, 0.2) is 17.0 Å². The first-order chi connectivity index (χ1) is 8.05. The van der Waals surface area contributed by atoms with Crippen LogP contribution in [0.15, 0.2) is 24.3 Å². The first-order valence-corrected chi connectivity index (χ1v) is 5.18. The van der Waals surface area contributed by atoms with E-state index in [1.165, 1.54) is 12.1 Å². The van der Waals surface area contributed by atoms with Crippen molar-refractivity contribution in [3.8, 4) is 0 Å². The average molecular weight is 233 g/mol. The maximum Gasteiger partial charge on any atom is 0.325 e. The molecule has 1 aliphatic rings. The van der Waals surface area contributed by atoms with E-state index in [4.69, 9.17) is 5.73 Å². The third-order valence-corrected chi connectivity index (χ3v) is 3.08. The fourth-order valence-electron chi connectivity index (χ4n) is 2.19. The molecule has 5 nitrogen and oxygen atoms in total. The van der Waals surface area contributed by atoms with Gasteiger partial charge in [0.1, 0.15) is 0 Å². The van der Waals surface area contributed by atoms with Crippen LogP contribution in [0, 0.1) is 5.41 Å². The number of hydrogen-bond acceptors (Lipinski definition) is 4. The summed E-state index contributed by atoms with van der Waals surface area (Å²) < 4.78 is 0. The first kappa shape index (κ1) is 11.5. The summed E-state index contributed by atoms with van der Waals surface area (Å²) in [6.07, 6.45) is -0.172. The topological polar surface area (TPSA) is 97.5 Å². The lowest BCUT2D eigenvalue weighted by Crippen LogP contribution is -2.43. The molecule has 17 heavy (non-hydrogen) atoms. The monoisotopic (exact) mass is 233 g/mol. The van der Waals surface area contributed by atoms with Crippen molar-refractivity contribution in [2.75, 3.05) is 6.54 Å². The van der Waals surface area contributed by atoms with E-state index in [1.807, 2.05) is 0 Å². The van der Waals surface area contributed by atoms with Crippen LogP contribution < -0.4 is 5.73 Å². The molecule has 2 rings (SSSR count). The summed E-state index contributed by atoms with van der Waals surface area (Å²) in [5, 5.41) is 9.21. The number of carboxylic acids is 1. The Bertz CT molecular complexity index is 486. The zero-order valence-corrected chi connectivity index (χ0v) is 8.97. The van der Waals surface area contributed by atoms with Gasteiger partial charge in [-0.05, 0) is 13.0 Å². The van der Waals surface area contributed by atoms with Gasteiger partial charge in [-0.25, -0.2) is 0 Å². The minimum Gasteiger partial charge on any atom is -0.480 e. The molecule has 0 aliphatic heterocycles. The molecule has 0 spiro atoms. The number of carboxylic acid groups (broad SMARTS) is 1. The molecule has 1 aromatic carbocycles. The minimum absolute atomic E-state index is 0.0300. The molecule has 1 aromatic rings. The Balaban J connectivity index is 2.64. The Labute approximate surface area is 97.2 Å². The minimum atomic E-state index is -2.02. The van der Waals surface area contributed by atoms with Crippen LogP contribution in [0.1, 0.15) is 27.1 Å². The number of nitrogens with two attached hydrogens (primary N) is 1. The molecule has 5 heteroatoms. The number of hydrogen-bond donors (Lipinski definition) is 2. The predicted octanol–water partition coefficient (Wildman–Crippen LogP) is 0.485. The fraction of sp³-hybridized carbons (Fsp3) is 0.250. The van der Waals surface area contributed by atoms with Crippen LogP contribution in [0.2, 0.25) is 0 Å². The van der Waals surface area contributed by atoms with Crippen molar-refractivity contribution in [3.63, 3.8) is 0 Å². The SMILES string of the molecule is NCCC1(C(=O)O)C(=O)c2ccccc2C1=O. The van der Waals surface area contributed by atoms with Crippen molar-refractivity contribution >= 4 is 17.5 Å². The number of rotatable bonds is 3. The lowest BCUT2D eigenvalue weighted by atomic mass is 9.79. The van der Waals surface area contributed by atoms with Crippen LogP contribution in [-0.4, -0.2) is 29.2 Å². The Morgan fingerprint density at radius 3 is 2.00 bits per heavy atom. The van der Waals surface area contributed by atoms with E-state index in [9.17, 15) is 19.5 Å². The molecule has 3 N–H and O–H groups in total. The number of carbonyl (C=O) groups is 3. The van der Waals surface area contributed by atoms with E-state index in [2.05, 4.69) is 0 Å². The van der Waals surface area contributed by atoms with Crippen LogP contribution >= 0.6 is 0 Å². The Hall–Kier alpha value is -2.01. The summed E-state index contributed by atoms with van der Waals surface area (Å²) in [5.41, 5.74) is 3.66. The van der Waals surface area contributed by atoms with Gasteiger partial charge in [-0.2, -0.15) is 0 Å². The Morgan fingerprint density at radius 1 is 1.18 bits per heavy atom. The highest BCUT2D eigenvalue weighted by molar-refractivity contribution is 6.38. The number of Topliss-reactive ketones (excluding diaryl/α,β-unsaturated/α-hetero) is 2. The van der Waals surface area contributed by atoms with Gasteiger partial charge in [0, 0.05) is 11.1 Å². The largest absolute Gasteiger partial charge is 0.480 e. The van der Waals surface area contributed by atoms with E-state index in [0.29, 0.717) is 0 Å². The highest BCUT2D eigenvalue weighted by atomic mass is 16.4. The molecule has 0 aromatic heterocycles. The Morgan fingerprint density at radius 2 is 1.65 bits per heavy atom. The van der Waals surface area contributed by atoms with Crippen LogP contribution in [0.3, 0.4) is 0 Å². The van der Waals surface area contributed by atoms with E-state index in [1.54, 1.807) is 12.1 Å². The van der Waals surface area contributed by atoms with Gasteiger partial charge in [0.2, 0.25) is 0 Å². The number of aliphatic carboxylic acids is 1. The van der Waals surface area contributed by atoms with Crippen LogP contribution in [-0.2, 0) is 4.79 Å². The van der Waals surface area contributed by atoms with Crippen molar-refractivity contribution in [3.05, 3.63) is 35.4 Å². The third kappa shape index (κ3) is 1.32. The first-order valence-electron chi connectivity index (χ1n) is 5.18. The van der Waals surface area contributed by atoms with Gasteiger partial charge in [-0.1, -0.05) is 24.3 Å². The molecule has 0 bridgehead atoms. The zero-order valence-electron chi connectivity index (χ0n) is 8.97. The molecule has 88 valence electrons. The number of fused-ring (bicyclic) bond motifs is 1. The molecule has 0 radical (unpaired) electrons. The van der Waals surface area contributed by atoms with Crippen LogP contribution in [0.4, 0.5) is 0 Å². The van der Waals surface area contributed by atoms with Crippen molar-refractivity contribution in [1.82, 2.24) is 0 Å². The van der Waals surface area contributed by atoms with E-state index in [0.717, 1.165) is 0 Å². The zero-order chi connectivity index (χ0) is 12.6. The lowest BCUT2D eigenvalue weighted by Gasteiger charge is -2.19. The standard InChI is InChI=1S/C12H11NO4/c13-6-5-12(11(16)17)9(14)7-3-1-2-4-8(7)10(12)15/h1-4H,5-6,13H2,(H,16,17). The second kappa shape index (κ2) is 3.78.